The van der Waals surface area contributed by atoms with Crippen molar-refractivity contribution in [3.05, 3.63) is 105 Å². The molecular formula is C24H21BrFN3O. The van der Waals surface area contributed by atoms with Gasteiger partial charge in [0.25, 0.3) is 0 Å². The number of carbonyl (C=O) groups excluding carboxylic acids is 1. The summed E-state index contributed by atoms with van der Waals surface area (Å²) >= 11 is 3.47. The predicted octanol–water partition coefficient (Wildman–Crippen LogP) is 5.44. The minimum atomic E-state index is -0.357. The van der Waals surface area contributed by atoms with Gasteiger partial charge in [0.2, 0.25) is 5.91 Å². The second-order valence-electron chi connectivity index (χ2n) is 7.41. The molecule has 30 heavy (non-hydrogen) atoms. The number of halogens is 2. The molecule has 6 heteroatoms. The van der Waals surface area contributed by atoms with Crippen molar-refractivity contribution in [1.29, 1.82) is 0 Å². The lowest BCUT2D eigenvalue weighted by Gasteiger charge is -2.30. The van der Waals surface area contributed by atoms with Crippen LogP contribution in [0.2, 0.25) is 0 Å². The van der Waals surface area contributed by atoms with Gasteiger partial charge in [-0.3, -0.25) is 4.79 Å². The van der Waals surface area contributed by atoms with E-state index in [1.165, 1.54) is 17.7 Å². The van der Waals surface area contributed by atoms with Gasteiger partial charge >= 0.3 is 0 Å². The molecule has 0 radical (unpaired) electrons. The fraction of sp³-hybridized carbons (Fsp3) is 0.167. The van der Waals surface area contributed by atoms with Crippen molar-refractivity contribution in [2.75, 3.05) is 5.32 Å². The highest BCUT2D eigenvalue weighted by atomic mass is 79.9. The standard InChI is InChI=1S/C24H21BrFN3O/c1-14-3-5-16(6-4-14)12-28-24(30)21-15(2)29-23-20(11-18(25)13-27-23)22(21)17-7-9-19(26)10-8-17/h3-11,13,22H,12H2,1-2H3,(H,27,29)(H,28,30). The molecular weight excluding hydrogens is 445 g/mol. The molecule has 4 nitrogen and oxygen atoms in total. The first-order chi connectivity index (χ1) is 14.4. The van der Waals surface area contributed by atoms with E-state index in [0.717, 1.165) is 26.9 Å². The molecule has 4 rings (SSSR count). The Morgan fingerprint density at radius 3 is 2.53 bits per heavy atom. The molecule has 0 saturated carbocycles. The first-order valence-corrected chi connectivity index (χ1v) is 10.4. The lowest BCUT2D eigenvalue weighted by atomic mass is 9.81. The normalized spacial score (nSPS) is 15.4. The molecule has 0 fully saturated rings. The van der Waals surface area contributed by atoms with E-state index in [1.54, 1.807) is 18.3 Å². The minimum Gasteiger partial charge on any atom is -0.348 e. The molecule has 0 bridgehead atoms. The van der Waals surface area contributed by atoms with Gasteiger partial charge in [0, 0.05) is 40.0 Å². The topological polar surface area (TPSA) is 54.0 Å². The van der Waals surface area contributed by atoms with E-state index in [9.17, 15) is 9.18 Å². The van der Waals surface area contributed by atoms with Gasteiger partial charge in [-0.2, -0.15) is 0 Å². The minimum absolute atomic E-state index is 0.166. The number of rotatable bonds is 4. The zero-order valence-electron chi connectivity index (χ0n) is 16.7. The van der Waals surface area contributed by atoms with Gasteiger partial charge in [-0.15, -0.1) is 0 Å². The quantitative estimate of drug-likeness (QED) is 0.539. The fourth-order valence-corrected chi connectivity index (χ4v) is 4.03. The summed E-state index contributed by atoms with van der Waals surface area (Å²) in [6.07, 6.45) is 1.71. The lowest BCUT2D eigenvalue weighted by molar-refractivity contribution is -0.117. The Morgan fingerprint density at radius 2 is 1.83 bits per heavy atom. The summed E-state index contributed by atoms with van der Waals surface area (Å²) in [7, 11) is 0. The monoisotopic (exact) mass is 465 g/mol. The molecule has 152 valence electrons. The van der Waals surface area contributed by atoms with E-state index < -0.39 is 0 Å². The predicted molar refractivity (Wildman–Crippen MR) is 120 cm³/mol. The SMILES string of the molecule is CC1=C(C(=O)NCc2ccc(C)cc2)C(c2ccc(F)cc2)c2cc(Br)cnc2N1. The first kappa shape index (κ1) is 20.3. The number of allylic oxidation sites excluding steroid dienone is 1. The van der Waals surface area contributed by atoms with Crippen LogP contribution in [-0.2, 0) is 11.3 Å². The molecule has 1 unspecified atom stereocenters. The first-order valence-electron chi connectivity index (χ1n) is 9.65. The van der Waals surface area contributed by atoms with Crippen molar-refractivity contribution in [2.45, 2.75) is 26.3 Å². The van der Waals surface area contributed by atoms with Gasteiger partial charge < -0.3 is 10.6 Å². The highest BCUT2D eigenvalue weighted by Gasteiger charge is 2.33. The number of nitrogens with one attached hydrogen (secondary N) is 2. The van der Waals surface area contributed by atoms with E-state index in [2.05, 4.69) is 31.5 Å². The third kappa shape index (κ3) is 4.14. The molecule has 1 aliphatic heterocycles. The fourth-order valence-electron chi connectivity index (χ4n) is 3.68. The third-order valence-corrected chi connectivity index (χ3v) is 5.65. The zero-order valence-corrected chi connectivity index (χ0v) is 18.3. The number of amides is 1. The molecule has 0 saturated heterocycles. The maximum Gasteiger partial charge on any atom is 0.250 e. The second kappa shape index (κ2) is 8.40. The Morgan fingerprint density at radius 1 is 1.13 bits per heavy atom. The number of anilines is 1. The Kier molecular flexibility index (Phi) is 5.68. The van der Waals surface area contributed by atoms with Crippen LogP contribution in [0.25, 0.3) is 0 Å². The van der Waals surface area contributed by atoms with Crippen LogP contribution in [0.1, 0.15) is 35.1 Å². The molecule has 1 atom stereocenters. The highest BCUT2D eigenvalue weighted by molar-refractivity contribution is 9.10. The number of benzene rings is 2. The van der Waals surface area contributed by atoms with Gasteiger partial charge in [0.1, 0.15) is 11.6 Å². The lowest BCUT2D eigenvalue weighted by Crippen LogP contribution is -2.32. The van der Waals surface area contributed by atoms with Crippen molar-refractivity contribution >= 4 is 27.7 Å². The third-order valence-electron chi connectivity index (χ3n) is 5.22. The Bertz CT molecular complexity index is 1120. The number of nitrogens with zero attached hydrogens (tertiary/aromatic N) is 1. The van der Waals surface area contributed by atoms with E-state index in [-0.39, 0.29) is 17.6 Å². The van der Waals surface area contributed by atoms with Gasteiger partial charge in [-0.1, -0.05) is 42.0 Å². The number of carbonyl (C=O) groups is 1. The van der Waals surface area contributed by atoms with Crippen LogP contribution in [-0.4, -0.2) is 10.9 Å². The largest absolute Gasteiger partial charge is 0.348 e. The number of hydrogen-bond acceptors (Lipinski definition) is 3. The average molecular weight is 466 g/mol. The van der Waals surface area contributed by atoms with Crippen LogP contribution in [0.15, 0.2) is 76.5 Å². The molecule has 2 heterocycles. The van der Waals surface area contributed by atoms with Crippen LogP contribution >= 0.6 is 15.9 Å². The molecule has 1 aromatic heterocycles. The summed E-state index contributed by atoms with van der Waals surface area (Å²) in [5.74, 6) is -0.142. The number of aryl methyl sites for hydroxylation is 1. The summed E-state index contributed by atoms with van der Waals surface area (Å²) in [4.78, 5) is 17.7. The summed E-state index contributed by atoms with van der Waals surface area (Å²) < 4.78 is 14.4. The van der Waals surface area contributed by atoms with Gasteiger partial charge in [-0.05, 0) is 59.1 Å². The number of aromatic nitrogens is 1. The average Bonchev–Trinajstić information content (AvgIpc) is 2.73. The highest BCUT2D eigenvalue weighted by Crippen LogP contribution is 2.41. The molecule has 1 aliphatic rings. The number of pyridine rings is 1. The van der Waals surface area contributed by atoms with Crippen LogP contribution in [0.4, 0.5) is 10.2 Å². The van der Waals surface area contributed by atoms with E-state index in [1.807, 2.05) is 44.2 Å². The molecule has 2 N–H and O–H groups in total. The number of fused-ring (bicyclic) bond motifs is 1. The smallest absolute Gasteiger partial charge is 0.250 e. The zero-order chi connectivity index (χ0) is 21.3. The maximum absolute atomic E-state index is 13.6. The summed E-state index contributed by atoms with van der Waals surface area (Å²) in [6, 6.07) is 16.3. The van der Waals surface area contributed by atoms with E-state index >= 15 is 0 Å². The van der Waals surface area contributed by atoms with Crippen molar-refractivity contribution in [3.63, 3.8) is 0 Å². The van der Waals surface area contributed by atoms with Gasteiger partial charge in [-0.25, -0.2) is 9.37 Å². The molecule has 3 aromatic rings. The molecule has 1 amide bonds. The maximum atomic E-state index is 13.6. The molecule has 0 spiro atoms. The second-order valence-corrected chi connectivity index (χ2v) is 8.32. The van der Waals surface area contributed by atoms with Gasteiger partial charge in [0.15, 0.2) is 0 Å². The van der Waals surface area contributed by atoms with Crippen LogP contribution in [0.3, 0.4) is 0 Å². The summed E-state index contributed by atoms with van der Waals surface area (Å²) in [6.45, 7) is 4.32. The Labute approximate surface area is 183 Å². The Hall–Kier alpha value is -2.99. The van der Waals surface area contributed by atoms with E-state index in [4.69, 9.17) is 0 Å². The number of hydrogen-bond donors (Lipinski definition) is 2. The van der Waals surface area contributed by atoms with Crippen molar-refractivity contribution in [3.8, 4) is 0 Å². The van der Waals surface area contributed by atoms with Crippen LogP contribution in [0.5, 0.6) is 0 Å². The molecule has 0 aliphatic carbocycles. The molecule has 2 aromatic carbocycles. The van der Waals surface area contributed by atoms with Gasteiger partial charge in [0.05, 0.1) is 0 Å². The van der Waals surface area contributed by atoms with Crippen molar-refractivity contribution in [2.24, 2.45) is 0 Å². The van der Waals surface area contributed by atoms with Crippen LogP contribution < -0.4 is 10.6 Å². The van der Waals surface area contributed by atoms with Crippen molar-refractivity contribution in [1.82, 2.24) is 10.3 Å². The Balaban J connectivity index is 1.70. The van der Waals surface area contributed by atoms with E-state index in [0.29, 0.717) is 17.9 Å². The van der Waals surface area contributed by atoms with Crippen molar-refractivity contribution < 1.29 is 9.18 Å². The summed E-state index contributed by atoms with van der Waals surface area (Å²) in [5, 5.41) is 6.28. The van der Waals surface area contributed by atoms with Crippen LogP contribution in [0, 0.1) is 12.7 Å². The summed E-state index contributed by atoms with van der Waals surface area (Å²) in [5.41, 5.74) is 5.22.